The predicted molar refractivity (Wildman–Crippen MR) is 82.3 cm³/mol. The second-order valence-electron chi connectivity index (χ2n) is 7.06. The van der Waals surface area contributed by atoms with Crippen LogP contribution in [0.15, 0.2) is 12.4 Å². The number of urea groups is 1. The number of carbonyl (C=O) groups is 1. The Morgan fingerprint density at radius 3 is 2.62 bits per heavy atom. The van der Waals surface area contributed by atoms with Crippen molar-refractivity contribution in [3.8, 4) is 0 Å². The fraction of sp³-hybridized carbons (Fsp3) is 0.733. The van der Waals surface area contributed by atoms with Crippen LogP contribution in [0, 0.1) is 0 Å². The lowest BCUT2D eigenvalue weighted by Gasteiger charge is -2.28. The lowest BCUT2D eigenvalue weighted by atomic mass is 10.0. The van der Waals surface area contributed by atoms with Crippen LogP contribution in [0.5, 0.6) is 0 Å². The number of hydrogen-bond donors (Lipinski definition) is 2. The molecule has 0 unspecified atom stereocenters. The molecule has 6 nitrogen and oxygen atoms in total. The maximum Gasteiger partial charge on any atom is 0.321 e. The molecule has 0 aromatic carbocycles. The van der Waals surface area contributed by atoms with E-state index in [-0.39, 0.29) is 11.6 Å². The normalized spacial score (nSPS) is 17.8. The largest absolute Gasteiger partial charge is 0.388 e. The van der Waals surface area contributed by atoms with Crippen molar-refractivity contribution in [2.75, 3.05) is 18.9 Å². The van der Waals surface area contributed by atoms with Gasteiger partial charge in [0.1, 0.15) is 0 Å². The van der Waals surface area contributed by atoms with Gasteiger partial charge in [0.2, 0.25) is 0 Å². The van der Waals surface area contributed by atoms with Crippen LogP contribution in [0.4, 0.5) is 10.5 Å². The van der Waals surface area contributed by atoms with Gasteiger partial charge in [0.05, 0.1) is 29.6 Å². The standard InChI is InChI=1S/C15H26N4O2/c1-14(2,3)19-10-12(9-16-19)17-13(20)18(4)11-15(21)7-5-6-8-15/h9-10,21H,5-8,11H2,1-4H3,(H,17,20). The number of carbonyl (C=O) groups excluding carboxylic acids is 1. The summed E-state index contributed by atoms with van der Waals surface area (Å²) < 4.78 is 1.81. The average Bonchev–Trinajstić information content (AvgIpc) is 2.97. The predicted octanol–water partition coefficient (Wildman–Crippen LogP) is 2.41. The minimum atomic E-state index is -0.721. The zero-order valence-corrected chi connectivity index (χ0v) is 13.4. The van der Waals surface area contributed by atoms with E-state index in [1.165, 1.54) is 0 Å². The van der Waals surface area contributed by atoms with Gasteiger partial charge in [-0.15, -0.1) is 0 Å². The Labute approximate surface area is 126 Å². The van der Waals surface area contributed by atoms with E-state index in [0.29, 0.717) is 12.2 Å². The molecule has 1 saturated carbocycles. The first-order chi connectivity index (χ1) is 9.70. The molecule has 0 spiro atoms. The van der Waals surface area contributed by atoms with Gasteiger partial charge < -0.3 is 15.3 Å². The molecule has 6 heteroatoms. The van der Waals surface area contributed by atoms with E-state index >= 15 is 0 Å². The quantitative estimate of drug-likeness (QED) is 0.899. The number of likely N-dealkylation sites (N-methyl/N-ethyl adjacent to an activating group) is 1. The molecule has 2 N–H and O–H groups in total. The number of nitrogens with zero attached hydrogens (tertiary/aromatic N) is 3. The Kier molecular flexibility index (Phi) is 4.27. The Hall–Kier alpha value is -1.56. The van der Waals surface area contributed by atoms with E-state index in [1.807, 2.05) is 31.6 Å². The summed E-state index contributed by atoms with van der Waals surface area (Å²) in [7, 11) is 1.71. The zero-order valence-electron chi connectivity index (χ0n) is 13.4. The number of aromatic nitrogens is 2. The minimum absolute atomic E-state index is 0.117. The Morgan fingerprint density at radius 1 is 1.48 bits per heavy atom. The van der Waals surface area contributed by atoms with Gasteiger partial charge in [-0.05, 0) is 33.6 Å². The van der Waals surface area contributed by atoms with Crippen molar-refractivity contribution in [3.05, 3.63) is 12.4 Å². The molecule has 2 amide bonds. The Bertz CT molecular complexity index is 498. The van der Waals surface area contributed by atoms with Crippen molar-refractivity contribution >= 4 is 11.7 Å². The Morgan fingerprint density at radius 2 is 2.10 bits per heavy atom. The molecule has 2 rings (SSSR count). The van der Waals surface area contributed by atoms with Crippen molar-refractivity contribution in [3.63, 3.8) is 0 Å². The van der Waals surface area contributed by atoms with E-state index in [1.54, 1.807) is 18.1 Å². The van der Waals surface area contributed by atoms with E-state index in [0.717, 1.165) is 25.7 Å². The van der Waals surface area contributed by atoms with E-state index in [2.05, 4.69) is 10.4 Å². The van der Waals surface area contributed by atoms with E-state index in [4.69, 9.17) is 0 Å². The van der Waals surface area contributed by atoms with Crippen molar-refractivity contribution in [2.24, 2.45) is 0 Å². The molecule has 0 bridgehead atoms. The summed E-state index contributed by atoms with van der Waals surface area (Å²) in [6, 6.07) is -0.219. The molecule has 21 heavy (non-hydrogen) atoms. The third-order valence-corrected chi connectivity index (χ3v) is 3.93. The summed E-state index contributed by atoms with van der Waals surface area (Å²) in [4.78, 5) is 13.7. The number of rotatable bonds is 3. The fourth-order valence-electron chi connectivity index (χ4n) is 2.68. The van der Waals surface area contributed by atoms with Crippen LogP contribution in [0.2, 0.25) is 0 Å². The van der Waals surface area contributed by atoms with E-state index in [9.17, 15) is 9.90 Å². The van der Waals surface area contributed by atoms with Gasteiger partial charge in [0, 0.05) is 13.2 Å². The molecule has 1 aromatic heterocycles. The molecule has 0 radical (unpaired) electrons. The van der Waals surface area contributed by atoms with Crippen LogP contribution in [0.25, 0.3) is 0 Å². The number of hydrogen-bond acceptors (Lipinski definition) is 3. The lowest BCUT2D eigenvalue weighted by molar-refractivity contribution is 0.0262. The highest BCUT2D eigenvalue weighted by atomic mass is 16.3. The molecule has 1 aromatic rings. The van der Waals surface area contributed by atoms with Crippen LogP contribution >= 0.6 is 0 Å². The highest BCUT2D eigenvalue weighted by Crippen LogP contribution is 2.30. The summed E-state index contributed by atoms with van der Waals surface area (Å²) in [5.41, 5.74) is -0.171. The molecule has 0 aliphatic heterocycles. The zero-order chi connectivity index (χ0) is 15.7. The maximum absolute atomic E-state index is 12.2. The molecular weight excluding hydrogens is 268 g/mol. The highest BCUT2D eigenvalue weighted by molar-refractivity contribution is 5.88. The van der Waals surface area contributed by atoms with Gasteiger partial charge in [-0.2, -0.15) is 5.10 Å². The third-order valence-electron chi connectivity index (χ3n) is 3.93. The van der Waals surface area contributed by atoms with Crippen LogP contribution in [0.3, 0.4) is 0 Å². The SMILES string of the molecule is CN(CC1(O)CCCC1)C(=O)Nc1cnn(C(C)(C)C)c1. The van der Waals surface area contributed by atoms with Crippen LogP contribution in [0.1, 0.15) is 46.5 Å². The molecular formula is C15H26N4O2. The molecule has 1 aliphatic rings. The lowest BCUT2D eigenvalue weighted by Crippen LogP contribution is -2.43. The van der Waals surface area contributed by atoms with Crippen molar-refractivity contribution in [2.45, 2.75) is 57.6 Å². The Balaban J connectivity index is 1.93. The van der Waals surface area contributed by atoms with Crippen molar-refractivity contribution < 1.29 is 9.90 Å². The second-order valence-corrected chi connectivity index (χ2v) is 7.06. The number of amides is 2. The smallest absolute Gasteiger partial charge is 0.321 e. The first kappa shape index (κ1) is 15.8. The number of aliphatic hydroxyl groups is 1. The molecule has 1 aliphatic carbocycles. The maximum atomic E-state index is 12.2. The summed E-state index contributed by atoms with van der Waals surface area (Å²) >= 11 is 0. The van der Waals surface area contributed by atoms with Gasteiger partial charge in [0.25, 0.3) is 0 Å². The van der Waals surface area contributed by atoms with Crippen molar-refractivity contribution in [1.29, 1.82) is 0 Å². The third kappa shape index (κ3) is 3.97. The minimum Gasteiger partial charge on any atom is -0.388 e. The first-order valence-corrected chi connectivity index (χ1v) is 7.49. The van der Waals surface area contributed by atoms with Gasteiger partial charge >= 0.3 is 6.03 Å². The van der Waals surface area contributed by atoms with Gasteiger partial charge in [-0.3, -0.25) is 4.68 Å². The second kappa shape index (κ2) is 5.67. The van der Waals surface area contributed by atoms with Gasteiger partial charge in [-0.1, -0.05) is 12.8 Å². The fourth-order valence-corrected chi connectivity index (χ4v) is 2.68. The molecule has 0 atom stereocenters. The summed E-state index contributed by atoms with van der Waals surface area (Å²) in [5.74, 6) is 0. The van der Waals surface area contributed by atoms with Crippen LogP contribution in [-0.2, 0) is 5.54 Å². The van der Waals surface area contributed by atoms with Crippen LogP contribution in [-0.4, -0.2) is 45.0 Å². The monoisotopic (exact) mass is 294 g/mol. The molecule has 118 valence electrons. The summed E-state index contributed by atoms with van der Waals surface area (Å²) in [6.07, 6.45) is 7.06. The molecule has 0 saturated heterocycles. The van der Waals surface area contributed by atoms with Gasteiger partial charge in [-0.25, -0.2) is 4.79 Å². The summed E-state index contributed by atoms with van der Waals surface area (Å²) in [6.45, 7) is 6.51. The highest BCUT2D eigenvalue weighted by Gasteiger charge is 2.33. The first-order valence-electron chi connectivity index (χ1n) is 7.49. The van der Waals surface area contributed by atoms with E-state index < -0.39 is 5.60 Å². The molecule has 1 heterocycles. The van der Waals surface area contributed by atoms with Gasteiger partial charge in [0.15, 0.2) is 0 Å². The van der Waals surface area contributed by atoms with Crippen LogP contribution < -0.4 is 5.32 Å². The number of nitrogens with one attached hydrogen (secondary N) is 1. The summed E-state index contributed by atoms with van der Waals surface area (Å²) in [5, 5.41) is 17.4. The molecule has 1 fully saturated rings. The van der Waals surface area contributed by atoms with Crippen molar-refractivity contribution in [1.82, 2.24) is 14.7 Å². The average molecular weight is 294 g/mol. The number of anilines is 1. The topological polar surface area (TPSA) is 70.4 Å².